The van der Waals surface area contributed by atoms with Crippen LogP contribution in [0.4, 0.5) is 0 Å². The third kappa shape index (κ3) is 36.7. The van der Waals surface area contributed by atoms with E-state index in [0.29, 0.717) is 48.2 Å². The standard InChI is InChI=1S/C57H104O6.C27H44O/c1-4-7-10-13-16-19-22-25-28-31-34-37-40-43-46-49-55(58)61-52-54(63-57(60)51-48-45-42-39-36-33-30-27-24-21-18-15-12-9-6-3)53-62-56(59)50-47-44-41-38-35-32-29-26-23-20-17-14-11-8-5-2;1-18(2)9-8-10-19(3)23-17-24(28)25-21-13-12-20-11-6-7-15-26(20,4)22(21)14-16-27(23,25)5/h25-30,54H,4-24,31-53H2,1-3H3;13,18-20,22-23,25H,6-12,14-17H2,1-5H3/b28-25+,29-26+,30-27+;/t;19-,20?,22+,23-,25-,26+,27-/m.1/s1. The summed E-state index contributed by atoms with van der Waals surface area (Å²) in [6.45, 7) is 18.8. The van der Waals surface area contributed by atoms with Crippen molar-refractivity contribution in [3.8, 4) is 0 Å². The molecular weight excluding hydrogens is 1120 g/mol. The maximum atomic E-state index is 13.4. The number of hydrogen-bond acceptors (Lipinski definition) is 7. The molecule has 3 saturated carbocycles. The third-order valence-corrected chi connectivity index (χ3v) is 22.1. The molecule has 0 N–H and O–H groups in total. The van der Waals surface area contributed by atoms with Crippen molar-refractivity contribution < 1.29 is 33.4 Å². The first-order chi connectivity index (χ1) is 44.3. The SMILES string of the molecule is CC(C)CCC[C@@H](C)[C@H]1CC(=O)[C@H]2C3=CCC4CCCC[C@]4(C)[C@H]3CC[C@@]21C.CCCCCCCC/C=C/CCCCCCCC(=O)OCC(COC(=O)CCCCCCC/C=C/CCCCCCCC)OC(=O)CCCCCCC/C=C/CCCCCCCC. The molecule has 0 heterocycles. The lowest BCUT2D eigenvalue weighted by atomic mass is 9.47. The zero-order valence-corrected chi connectivity index (χ0v) is 61.3. The molecule has 0 spiro atoms. The molecule has 526 valence electrons. The summed E-state index contributed by atoms with van der Waals surface area (Å²) < 4.78 is 16.8. The maximum Gasteiger partial charge on any atom is 0.306 e. The van der Waals surface area contributed by atoms with Crippen molar-refractivity contribution in [2.75, 3.05) is 13.2 Å². The predicted molar refractivity (Wildman–Crippen MR) is 388 cm³/mol. The van der Waals surface area contributed by atoms with Crippen LogP contribution in [0.15, 0.2) is 48.1 Å². The molecule has 0 aromatic rings. The summed E-state index contributed by atoms with van der Waals surface area (Å²) in [5.41, 5.74) is 2.32. The van der Waals surface area contributed by atoms with Crippen molar-refractivity contribution in [3.63, 3.8) is 0 Å². The van der Waals surface area contributed by atoms with Crippen molar-refractivity contribution in [1.82, 2.24) is 0 Å². The predicted octanol–water partition coefficient (Wildman–Crippen LogP) is 25.7. The first-order valence-electron chi connectivity index (χ1n) is 40.0. The van der Waals surface area contributed by atoms with Gasteiger partial charge in [0.15, 0.2) is 6.10 Å². The average molecular weight is 1270 g/mol. The van der Waals surface area contributed by atoms with Gasteiger partial charge in [-0.2, -0.15) is 0 Å². The number of allylic oxidation sites excluding steroid dienone is 8. The average Bonchev–Trinajstić information content (AvgIpc) is 1.69. The topological polar surface area (TPSA) is 96.0 Å². The van der Waals surface area contributed by atoms with Gasteiger partial charge >= 0.3 is 17.9 Å². The second kappa shape index (κ2) is 53.2. The van der Waals surface area contributed by atoms with Gasteiger partial charge in [-0.15, -0.1) is 0 Å². The number of Topliss-reactive ketones (excluding diaryl/α,β-unsaturated/α-hetero) is 1. The van der Waals surface area contributed by atoms with E-state index in [9.17, 15) is 19.2 Å². The Bertz CT molecular complexity index is 1910. The summed E-state index contributed by atoms with van der Waals surface area (Å²) in [6.07, 6.45) is 78.1. The molecule has 0 aromatic carbocycles. The van der Waals surface area contributed by atoms with Gasteiger partial charge in [-0.05, 0) is 169 Å². The van der Waals surface area contributed by atoms with Crippen LogP contribution in [-0.4, -0.2) is 43.0 Å². The molecular formula is C84H148O7. The van der Waals surface area contributed by atoms with Crippen LogP contribution in [0.5, 0.6) is 0 Å². The Hall–Kier alpha value is -2.96. The molecule has 1 unspecified atom stereocenters. The molecule has 0 aromatic heterocycles. The summed E-state index contributed by atoms with van der Waals surface area (Å²) in [7, 11) is 0. The van der Waals surface area contributed by atoms with E-state index in [0.717, 1.165) is 95.3 Å². The summed E-state index contributed by atoms with van der Waals surface area (Å²) in [4.78, 5) is 51.4. The highest BCUT2D eigenvalue weighted by atomic mass is 16.6. The van der Waals surface area contributed by atoms with Crippen LogP contribution in [0.1, 0.15) is 396 Å². The smallest absolute Gasteiger partial charge is 0.306 e. The Morgan fingerprint density at radius 2 is 0.868 bits per heavy atom. The number of esters is 3. The van der Waals surface area contributed by atoms with Crippen molar-refractivity contribution in [1.29, 1.82) is 0 Å². The van der Waals surface area contributed by atoms with Gasteiger partial charge in [0.1, 0.15) is 19.0 Å². The van der Waals surface area contributed by atoms with E-state index < -0.39 is 6.10 Å². The highest BCUT2D eigenvalue weighted by Gasteiger charge is 2.60. The Labute approximate surface area is 563 Å². The van der Waals surface area contributed by atoms with E-state index in [4.69, 9.17) is 14.2 Å². The molecule has 7 nitrogen and oxygen atoms in total. The van der Waals surface area contributed by atoms with Gasteiger partial charge in [0, 0.05) is 31.6 Å². The van der Waals surface area contributed by atoms with E-state index >= 15 is 0 Å². The number of rotatable bonds is 55. The van der Waals surface area contributed by atoms with Crippen LogP contribution >= 0.6 is 0 Å². The highest BCUT2D eigenvalue weighted by Crippen LogP contribution is 2.66. The number of fused-ring (bicyclic) bond motifs is 5. The minimum absolute atomic E-state index is 0.0806. The van der Waals surface area contributed by atoms with Gasteiger partial charge in [0.05, 0.1) is 0 Å². The van der Waals surface area contributed by atoms with E-state index in [1.165, 1.54) is 238 Å². The van der Waals surface area contributed by atoms with Gasteiger partial charge in [0.25, 0.3) is 0 Å². The molecule has 0 bridgehead atoms. The Morgan fingerprint density at radius 3 is 1.29 bits per heavy atom. The lowest BCUT2D eigenvalue weighted by Crippen LogP contribution is -2.49. The fourth-order valence-corrected chi connectivity index (χ4v) is 16.2. The van der Waals surface area contributed by atoms with Crippen LogP contribution in [0.25, 0.3) is 0 Å². The van der Waals surface area contributed by atoms with Crippen molar-refractivity contribution in [2.45, 2.75) is 402 Å². The molecule has 0 saturated heterocycles. The highest BCUT2D eigenvalue weighted by molar-refractivity contribution is 5.88. The third-order valence-electron chi connectivity index (χ3n) is 22.1. The van der Waals surface area contributed by atoms with Crippen molar-refractivity contribution in [2.24, 2.45) is 46.3 Å². The zero-order valence-electron chi connectivity index (χ0n) is 61.3. The lowest BCUT2D eigenvalue weighted by Gasteiger charge is -2.56. The molecule has 4 aliphatic carbocycles. The van der Waals surface area contributed by atoms with Crippen LogP contribution < -0.4 is 0 Å². The normalized spacial score (nSPS) is 21.7. The number of unbranched alkanes of at least 4 members (excludes halogenated alkanes) is 33. The fourth-order valence-electron chi connectivity index (χ4n) is 16.2. The molecule has 0 amide bonds. The van der Waals surface area contributed by atoms with E-state index in [2.05, 4.69) is 97.9 Å². The molecule has 0 aliphatic heterocycles. The van der Waals surface area contributed by atoms with E-state index in [1.807, 2.05) is 0 Å². The molecule has 91 heavy (non-hydrogen) atoms. The maximum absolute atomic E-state index is 13.4. The largest absolute Gasteiger partial charge is 0.462 e. The number of carbonyl (C=O) groups is 4. The van der Waals surface area contributed by atoms with E-state index in [1.54, 1.807) is 5.57 Å². The number of ketones is 1. The second-order valence-corrected chi connectivity index (χ2v) is 30.5. The molecule has 7 heteroatoms. The van der Waals surface area contributed by atoms with Crippen LogP contribution in [-0.2, 0) is 33.4 Å². The Kier molecular flexibility index (Phi) is 48.1. The van der Waals surface area contributed by atoms with Gasteiger partial charge < -0.3 is 14.2 Å². The molecule has 7 atom stereocenters. The minimum Gasteiger partial charge on any atom is -0.462 e. The summed E-state index contributed by atoms with van der Waals surface area (Å²) >= 11 is 0. The van der Waals surface area contributed by atoms with E-state index in [-0.39, 0.29) is 42.5 Å². The van der Waals surface area contributed by atoms with Gasteiger partial charge in [0.2, 0.25) is 0 Å². The van der Waals surface area contributed by atoms with Crippen molar-refractivity contribution in [3.05, 3.63) is 48.1 Å². The zero-order chi connectivity index (χ0) is 65.9. The van der Waals surface area contributed by atoms with Crippen LogP contribution in [0.2, 0.25) is 0 Å². The molecule has 4 rings (SSSR count). The minimum atomic E-state index is -0.781. The monoisotopic (exact) mass is 1270 g/mol. The van der Waals surface area contributed by atoms with Crippen LogP contribution in [0, 0.1) is 46.3 Å². The fraction of sp³-hybridized carbons (Fsp3) is 0.857. The number of carbonyl (C=O) groups excluding carboxylic acids is 4. The summed E-state index contributed by atoms with van der Waals surface area (Å²) in [6, 6.07) is 0. The number of ether oxygens (including phenoxy) is 3. The first-order valence-corrected chi connectivity index (χ1v) is 40.0. The quantitative estimate of drug-likeness (QED) is 0.0259. The van der Waals surface area contributed by atoms with Gasteiger partial charge in [-0.3, -0.25) is 19.2 Å². The van der Waals surface area contributed by atoms with Gasteiger partial charge in [-0.25, -0.2) is 0 Å². The van der Waals surface area contributed by atoms with Crippen molar-refractivity contribution >= 4 is 23.7 Å². The lowest BCUT2D eigenvalue weighted by molar-refractivity contribution is -0.167. The molecule has 4 aliphatic rings. The summed E-state index contributed by atoms with van der Waals surface area (Å²) in [5.74, 6) is 3.63. The van der Waals surface area contributed by atoms with Crippen LogP contribution in [0.3, 0.4) is 0 Å². The summed E-state index contributed by atoms with van der Waals surface area (Å²) in [5, 5.41) is 0. The second-order valence-electron chi connectivity index (χ2n) is 30.5. The van der Waals surface area contributed by atoms with Gasteiger partial charge in [-0.1, -0.05) is 290 Å². The molecule has 0 radical (unpaired) electrons. The Balaban J connectivity index is 0.000000629. The Morgan fingerprint density at radius 1 is 0.473 bits per heavy atom. The first kappa shape index (κ1) is 82.3. The number of hydrogen-bond donors (Lipinski definition) is 0. The molecule has 3 fully saturated rings.